The maximum atomic E-state index is 11.7. The molecule has 3 aliphatic carbocycles. The number of fused-ring (bicyclic) bond motifs is 1. The Labute approximate surface area is 273 Å². The fourth-order valence-corrected chi connectivity index (χ4v) is 10.1. The lowest BCUT2D eigenvalue weighted by Crippen LogP contribution is -2.55. The first-order chi connectivity index (χ1) is 19.9. The van der Waals surface area contributed by atoms with Gasteiger partial charge in [0.25, 0.3) is 0 Å². The fraction of sp³-hybridized carbons (Fsp3) is 0.892. The van der Waals surface area contributed by atoms with E-state index in [1.165, 1.54) is 37.7 Å². The van der Waals surface area contributed by atoms with E-state index >= 15 is 0 Å². The van der Waals surface area contributed by atoms with E-state index in [2.05, 4.69) is 93.7 Å². The van der Waals surface area contributed by atoms with Crippen LogP contribution in [0.5, 0.6) is 0 Å². The van der Waals surface area contributed by atoms with Gasteiger partial charge in [0.1, 0.15) is 6.10 Å². The van der Waals surface area contributed by atoms with Crippen molar-refractivity contribution in [3.8, 4) is 0 Å². The molecular formula is C37H70O5Si2. The van der Waals surface area contributed by atoms with Crippen molar-refractivity contribution in [2.24, 2.45) is 17.3 Å². The molecule has 0 aromatic rings. The smallest absolute Gasteiger partial charge is 0.192 e. The van der Waals surface area contributed by atoms with Crippen molar-refractivity contribution in [1.82, 2.24) is 0 Å². The lowest BCUT2D eigenvalue weighted by molar-refractivity contribution is -0.0604. The normalized spacial score (nSPS) is 32.6. The molecule has 3 fully saturated rings. The average molecular weight is 651 g/mol. The lowest BCUT2D eigenvalue weighted by Gasteiger charge is -2.47. The number of aliphatic hydroxyl groups excluding tert-OH is 1. The van der Waals surface area contributed by atoms with Crippen LogP contribution in [-0.2, 0) is 13.6 Å². The second-order valence-electron chi connectivity index (χ2n) is 18.5. The molecule has 0 aromatic heterocycles. The van der Waals surface area contributed by atoms with Gasteiger partial charge in [-0.3, -0.25) is 0 Å². The number of ether oxygens (including phenoxy) is 1. The summed E-state index contributed by atoms with van der Waals surface area (Å²) in [7, 11) is -4.17. The van der Waals surface area contributed by atoms with Crippen LogP contribution in [0.4, 0.5) is 0 Å². The van der Waals surface area contributed by atoms with Crippen molar-refractivity contribution in [2.75, 3.05) is 6.61 Å². The summed E-state index contributed by atoms with van der Waals surface area (Å²) < 4.78 is 20.2. The predicted octanol–water partition coefficient (Wildman–Crippen LogP) is 9.56. The Morgan fingerprint density at radius 3 is 1.89 bits per heavy atom. The Morgan fingerprint density at radius 1 is 0.886 bits per heavy atom. The predicted molar refractivity (Wildman–Crippen MR) is 190 cm³/mol. The lowest BCUT2D eigenvalue weighted by atomic mass is 9.62. The Bertz CT molecular complexity index is 988. The highest BCUT2D eigenvalue weighted by atomic mass is 28.4. The first kappa shape index (κ1) is 38.2. The van der Waals surface area contributed by atoms with Crippen LogP contribution in [0.1, 0.15) is 121 Å². The summed E-state index contributed by atoms with van der Waals surface area (Å²) in [6.45, 7) is 31.9. The van der Waals surface area contributed by atoms with Gasteiger partial charge >= 0.3 is 0 Å². The summed E-state index contributed by atoms with van der Waals surface area (Å²) >= 11 is 0. The Balaban J connectivity index is 1.85. The van der Waals surface area contributed by atoms with Crippen molar-refractivity contribution in [1.29, 1.82) is 0 Å². The molecule has 6 atom stereocenters. The van der Waals surface area contributed by atoms with Crippen molar-refractivity contribution in [3.63, 3.8) is 0 Å². The van der Waals surface area contributed by atoms with E-state index in [1.807, 2.05) is 13.8 Å². The molecule has 0 amide bonds. The number of hydrogen-bond acceptors (Lipinski definition) is 5. The first-order valence-electron chi connectivity index (χ1n) is 17.6. The van der Waals surface area contributed by atoms with Gasteiger partial charge in [-0.05, 0) is 126 Å². The van der Waals surface area contributed by atoms with E-state index in [1.54, 1.807) is 5.57 Å². The van der Waals surface area contributed by atoms with Gasteiger partial charge in [-0.15, -0.1) is 0 Å². The zero-order valence-electron chi connectivity index (χ0n) is 31.1. The third kappa shape index (κ3) is 8.99. The molecule has 3 unspecified atom stereocenters. The van der Waals surface area contributed by atoms with Crippen molar-refractivity contribution >= 4 is 16.6 Å². The fourth-order valence-electron chi connectivity index (χ4n) is 7.44. The van der Waals surface area contributed by atoms with Gasteiger partial charge in [0.05, 0.1) is 23.9 Å². The Hall–Kier alpha value is -0.286. The van der Waals surface area contributed by atoms with E-state index in [9.17, 15) is 10.2 Å². The summed E-state index contributed by atoms with van der Waals surface area (Å²) in [5.74, 6) is 1.13. The Kier molecular flexibility index (Phi) is 11.9. The average Bonchev–Trinajstić information content (AvgIpc) is 3.20. The van der Waals surface area contributed by atoms with Gasteiger partial charge in [0, 0.05) is 6.61 Å². The molecule has 3 rings (SSSR count). The molecule has 256 valence electrons. The third-order valence-electron chi connectivity index (χ3n) is 12.4. The van der Waals surface area contributed by atoms with Gasteiger partial charge in [0.2, 0.25) is 0 Å². The zero-order valence-corrected chi connectivity index (χ0v) is 33.1. The van der Waals surface area contributed by atoms with Crippen LogP contribution in [0.2, 0.25) is 36.3 Å². The zero-order chi connectivity index (χ0) is 33.5. The molecule has 2 N–H and O–H groups in total. The number of hydrogen-bond donors (Lipinski definition) is 2. The van der Waals surface area contributed by atoms with Crippen LogP contribution in [0.3, 0.4) is 0 Å². The van der Waals surface area contributed by atoms with E-state index in [4.69, 9.17) is 13.6 Å². The molecule has 0 aromatic carbocycles. The number of allylic oxidation sites excluding steroid dienone is 3. The van der Waals surface area contributed by atoms with E-state index in [0.717, 1.165) is 12.8 Å². The topological polar surface area (TPSA) is 68.2 Å². The molecular weight excluding hydrogens is 581 g/mol. The second-order valence-corrected chi connectivity index (χ2v) is 28.0. The first-order valence-corrected chi connectivity index (χ1v) is 23.5. The minimum absolute atomic E-state index is 0.0759. The molecule has 3 aliphatic rings. The summed E-state index contributed by atoms with van der Waals surface area (Å²) in [4.78, 5) is 0. The van der Waals surface area contributed by atoms with Crippen LogP contribution in [0.25, 0.3) is 0 Å². The van der Waals surface area contributed by atoms with E-state index < -0.39 is 28.3 Å². The van der Waals surface area contributed by atoms with Crippen molar-refractivity contribution in [2.45, 2.75) is 187 Å². The highest BCUT2D eigenvalue weighted by molar-refractivity contribution is 6.74. The quantitative estimate of drug-likeness (QED) is 0.231. The Morgan fingerprint density at radius 2 is 1.41 bits per heavy atom. The molecule has 5 nitrogen and oxygen atoms in total. The molecule has 0 spiro atoms. The van der Waals surface area contributed by atoms with Crippen LogP contribution < -0.4 is 0 Å². The maximum Gasteiger partial charge on any atom is 0.192 e. The van der Waals surface area contributed by atoms with Gasteiger partial charge in [0.15, 0.2) is 16.6 Å². The summed E-state index contributed by atoms with van der Waals surface area (Å²) in [5, 5.41) is 22.0. The maximum absolute atomic E-state index is 11.7. The SMILES string of the molecule is C[C@@H](OCCC(C)(C)O)C1CCC2C(=CC=C3C[C@@H](O[Si](C)(C)C(C)(C)C)C(O)[C@H](O[Si](C)(C)C(C)(C)C)C3)CCCC21C. The largest absolute Gasteiger partial charge is 0.411 e. The molecule has 3 saturated carbocycles. The summed E-state index contributed by atoms with van der Waals surface area (Å²) in [6, 6.07) is 0. The molecule has 0 heterocycles. The monoisotopic (exact) mass is 650 g/mol. The third-order valence-corrected chi connectivity index (χ3v) is 21.4. The van der Waals surface area contributed by atoms with Crippen molar-refractivity contribution in [3.05, 3.63) is 23.3 Å². The van der Waals surface area contributed by atoms with Gasteiger partial charge in [-0.2, -0.15) is 0 Å². The van der Waals surface area contributed by atoms with Crippen molar-refractivity contribution < 1.29 is 23.8 Å². The second kappa shape index (κ2) is 13.7. The van der Waals surface area contributed by atoms with Gasteiger partial charge in [-0.25, -0.2) is 0 Å². The van der Waals surface area contributed by atoms with E-state index in [-0.39, 0.29) is 33.8 Å². The van der Waals surface area contributed by atoms with Gasteiger partial charge in [-0.1, -0.05) is 71.8 Å². The molecule has 7 heteroatoms. The summed E-state index contributed by atoms with van der Waals surface area (Å²) in [5.41, 5.74) is 2.50. The standard InChI is InChI=1S/C37H70O5Si2/c1-26(40-23-22-36(8,9)39)29-19-20-30-28(16-15-21-37(29,30)10)18-17-27-24-31(41-43(11,12)34(2,3)4)33(38)32(25-27)42-44(13,14)35(5,6)7/h17-18,26,29-33,38-39H,15-16,19-25H2,1-14H3/t26-,29?,30?,31-,32-,33?,37?/m1/s1. The van der Waals surface area contributed by atoms with Crippen LogP contribution in [0.15, 0.2) is 23.3 Å². The highest BCUT2D eigenvalue weighted by Gasteiger charge is 2.51. The molecule has 0 radical (unpaired) electrons. The minimum Gasteiger partial charge on any atom is -0.411 e. The number of aliphatic hydroxyl groups is 2. The van der Waals surface area contributed by atoms with Crippen LogP contribution >= 0.6 is 0 Å². The highest BCUT2D eigenvalue weighted by Crippen LogP contribution is 2.58. The molecule has 0 saturated heterocycles. The van der Waals surface area contributed by atoms with Gasteiger partial charge < -0.3 is 23.8 Å². The van der Waals surface area contributed by atoms with Crippen LogP contribution in [-0.4, -0.2) is 63.5 Å². The minimum atomic E-state index is -2.08. The molecule has 44 heavy (non-hydrogen) atoms. The van der Waals surface area contributed by atoms with Crippen LogP contribution in [0, 0.1) is 17.3 Å². The summed E-state index contributed by atoms with van der Waals surface area (Å²) in [6.07, 6.45) is 12.2. The molecule has 0 aliphatic heterocycles. The molecule has 0 bridgehead atoms. The van der Waals surface area contributed by atoms with E-state index in [0.29, 0.717) is 24.9 Å². The number of rotatable bonds is 10.